The van der Waals surface area contributed by atoms with Crippen LogP contribution in [0.25, 0.3) is 0 Å². The summed E-state index contributed by atoms with van der Waals surface area (Å²) >= 11 is 0. The van der Waals surface area contributed by atoms with Crippen molar-refractivity contribution in [3.8, 4) is 0 Å². The summed E-state index contributed by atoms with van der Waals surface area (Å²) < 4.78 is 32.5. The smallest absolute Gasteiger partial charge is 0.267 e. The Morgan fingerprint density at radius 1 is 0.593 bits per heavy atom. The standard InChI is InChI=1S/C22H46O4S/c1-3-5-7-9-10-11-13-14-17-21(23)18-16-20-22(27(24,25)26)19-15-12-8-6-4-2/h21-23H,3-20H2,1-2H3,(H,24,25,26). The molecule has 27 heavy (non-hydrogen) atoms. The highest BCUT2D eigenvalue weighted by atomic mass is 32.2. The Morgan fingerprint density at radius 2 is 0.963 bits per heavy atom. The van der Waals surface area contributed by atoms with E-state index in [1.165, 1.54) is 57.8 Å². The van der Waals surface area contributed by atoms with E-state index >= 15 is 0 Å². The van der Waals surface area contributed by atoms with Crippen molar-refractivity contribution in [1.29, 1.82) is 0 Å². The molecular weight excluding hydrogens is 360 g/mol. The minimum absolute atomic E-state index is 0.336. The minimum atomic E-state index is -3.97. The lowest BCUT2D eigenvalue weighted by molar-refractivity contribution is 0.147. The van der Waals surface area contributed by atoms with Crippen molar-refractivity contribution in [2.45, 2.75) is 141 Å². The van der Waals surface area contributed by atoms with Gasteiger partial charge in [0, 0.05) is 0 Å². The first kappa shape index (κ1) is 26.9. The predicted molar refractivity (Wildman–Crippen MR) is 116 cm³/mol. The van der Waals surface area contributed by atoms with Crippen LogP contribution in [0.2, 0.25) is 0 Å². The van der Waals surface area contributed by atoms with Crippen LogP contribution in [0.15, 0.2) is 0 Å². The summed E-state index contributed by atoms with van der Waals surface area (Å²) in [5, 5.41) is 9.44. The van der Waals surface area contributed by atoms with Gasteiger partial charge in [0.05, 0.1) is 11.4 Å². The summed E-state index contributed by atoms with van der Waals surface area (Å²) in [6.45, 7) is 4.38. The van der Waals surface area contributed by atoms with Gasteiger partial charge in [-0.25, -0.2) is 0 Å². The number of aliphatic hydroxyl groups excluding tert-OH is 1. The maximum atomic E-state index is 11.6. The molecule has 0 saturated carbocycles. The lowest BCUT2D eigenvalue weighted by Crippen LogP contribution is -2.21. The lowest BCUT2D eigenvalue weighted by Gasteiger charge is -2.15. The fraction of sp³-hybridized carbons (Fsp3) is 1.00. The highest BCUT2D eigenvalue weighted by Gasteiger charge is 2.22. The molecule has 2 unspecified atom stereocenters. The molecular formula is C22H46O4S. The van der Waals surface area contributed by atoms with Gasteiger partial charge in [0.2, 0.25) is 0 Å². The third-order valence-corrected chi connectivity index (χ3v) is 6.82. The first-order valence-corrected chi connectivity index (χ1v) is 13.1. The average Bonchev–Trinajstić information content (AvgIpc) is 2.61. The molecule has 0 bridgehead atoms. The van der Waals surface area contributed by atoms with E-state index in [-0.39, 0.29) is 6.10 Å². The highest BCUT2D eigenvalue weighted by molar-refractivity contribution is 7.86. The maximum absolute atomic E-state index is 11.6. The Balaban J connectivity index is 3.78. The summed E-state index contributed by atoms with van der Waals surface area (Å²) in [6, 6.07) is 0. The molecule has 0 heterocycles. The second-order valence-corrected chi connectivity index (χ2v) is 9.88. The Kier molecular flexibility index (Phi) is 17.8. The molecule has 0 aromatic carbocycles. The van der Waals surface area contributed by atoms with Gasteiger partial charge in [0.1, 0.15) is 0 Å². The summed E-state index contributed by atoms with van der Waals surface area (Å²) in [4.78, 5) is 0. The highest BCUT2D eigenvalue weighted by Crippen LogP contribution is 2.19. The van der Waals surface area contributed by atoms with Gasteiger partial charge in [-0.2, -0.15) is 8.42 Å². The molecule has 0 amide bonds. The van der Waals surface area contributed by atoms with Gasteiger partial charge < -0.3 is 5.11 Å². The van der Waals surface area contributed by atoms with Crippen molar-refractivity contribution in [2.24, 2.45) is 0 Å². The van der Waals surface area contributed by atoms with Crippen LogP contribution < -0.4 is 0 Å². The number of hydrogen-bond acceptors (Lipinski definition) is 3. The second kappa shape index (κ2) is 17.9. The number of unbranched alkanes of at least 4 members (excludes halogenated alkanes) is 11. The van der Waals surface area contributed by atoms with Crippen molar-refractivity contribution in [3.05, 3.63) is 0 Å². The van der Waals surface area contributed by atoms with Crippen molar-refractivity contribution in [3.63, 3.8) is 0 Å². The van der Waals surface area contributed by atoms with Crippen LogP contribution >= 0.6 is 0 Å². The number of aliphatic hydroxyl groups is 1. The predicted octanol–water partition coefficient (Wildman–Crippen LogP) is 6.67. The Hall–Kier alpha value is -0.130. The van der Waals surface area contributed by atoms with Crippen molar-refractivity contribution < 1.29 is 18.1 Å². The first-order valence-electron chi connectivity index (χ1n) is 11.6. The van der Waals surface area contributed by atoms with E-state index in [1.807, 2.05) is 0 Å². The molecule has 0 spiro atoms. The molecule has 4 nitrogen and oxygen atoms in total. The van der Waals surface area contributed by atoms with Gasteiger partial charge in [-0.05, 0) is 32.1 Å². The second-order valence-electron chi connectivity index (χ2n) is 8.19. The summed E-state index contributed by atoms with van der Waals surface area (Å²) in [7, 11) is -3.97. The fourth-order valence-corrected chi connectivity index (χ4v) is 4.59. The molecule has 0 radical (unpaired) electrons. The molecule has 164 valence electrons. The zero-order valence-electron chi connectivity index (χ0n) is 18.0. The van der Waals surface area contributed by atoms with E-state index in [4.69, 9.17) is 0 Å². The van der Waals surface area contributed by atoms with E-state index in [0.717, 1.165) is 32.1 Å². The molecule has 2 atom stereocenters. The molecule has 0 aromatic rings. The molecule has 0 aliphatic rings. The number of hydrogen-bond donors (Lipinski definition) is 2. The molecule has 0 rings (SSSR count). The Morgan fingerprint density at radius 3 is 1.44 bits per heavy atom. The van der Waals surface area contributed by atoms with E-state index in [1.54, 1.807) is 0 Å². The van der Waals surface area contributed by atoms with Gasteiger partial charge in [-0.15, -0.1) is 0 Å². The van der Waals surface area contributed by atoms with Crippen molar-refractivity contribution in [1.82, 2.24) is 0 Å². The normalized spacial score (nSPS) is 14.4. The zero-order valence-corrected chi connectivity index (χ0v) is 18.8. The van der Waals surface area contributed by atoms with Crippen molar-refractivity contribution >= 4 is 10.1 Å². The largest absolute Gasteiger partial charge is 0.393 e. The quantitative estimate of drug-likeness (QED) is 0.175. The topological polar surface area (TPSA) is 74.6 Å². The third-order valence-electron chi connectivity index (χ3n) is 5.51. The van der Waals surface area contributed by atoms with E-state index in [2.05, 4.69) is 13.8 Å². The van der Waals surface area contributed by atoms with Crippen LogP contribution in [-0.2, 0) is 10.1 Å². The van der Waals surface area contributed by atoms with Crippen LogP contribution in [0, 0.1) is 0 Å². The molecule has 0 saturated heterocycles. The van der Waals surface area contributed by atoms with Crippen LogP contribution in [0.3, 0.4) is 0 Å². The summed E-state index contributed by atoms with van der Waals surface area (Å²) in [6.07, 6.45) is 18.2. The zero-order chi connectivity index (χ0) is 20.4. The van der Waals surface area contributed by atoms with Gasteiger partial charge in [0.25, 0.3) is 10.1 Å². The van der Waals surface area contributed by atoms with Crippen molar-refractivity contribution in [2.75, 3.05) is 0 Å². The molecule has 5 heteroatoms. The van der Waals surface area contributed by atoms with E-state index in [9.17, 15) is 18.1 Å². The molecule has 2 N–H and O–H groups in total. The third kappa shape index (κ3) is 17.7. The van der Waals surface area contributed by atoms with Crippen LogP contribution in [0.5, 0.6) is 0 Å². The van der Waals surface area contributed by atoms with Gasteiger partial charge in [-0.3, -0.25) is 4.55 Å². The SMILES string of the molecule is CCCCCCCCCCC(O)CCCC(CCCCCCC)S(=O)(=O)O. The average molecular weight is 407 g/mol. The fourth-order valence-electron chi connectivity index (χ4n) is 3.66. The van der Waals surface area contributed by atoms with E-state index < -0.39 is 15.4 Å². The van der Waals surface area contributed by atoms with Gasteiger partial charge in [0.15, 0.2) is 0 Å². The summed E-state index contributed by atoms with van der Waals surface area (Å²) in [5.41, 5.74) is 0. The Bertz CT molecular complexity index is 409. The number of rotatable bonds is 20. The van der Waals surface area contributed by atoms with Gasteiger partial charge >= 0.3 is 0 Å². The first-order chi connectivity index (χ1) is 12.9. The minimum Gasteiger partial charge on any atom is -0.393 e. The maximum Gasteiger partial charge on any atom is 0.267 e. The van der Waals surface area contributed by atoms with Crippen LogP contribution in [0.4, 0.5) is 0 Å². The lowest BCUT2D eigenvalue weighted by atomic mass is 10.0. The van der Waals surface area contributed by atoms with E-state index in [0.29, 0.717) is 25.7 Å². The van der Waals surface area contributed by atoms with Gasteiger partial charge in [-0.1, -0.05) is 97.3 Å². The summed E-state index contributed by atoms with van der Waals surface area (Å²) in [5.74, 6) is 0. The molecule has 0 aliphatic heterocycles. The molecule has 0 aliphatic carbocycles. The molecule has 0 fully saturated rings. The van der Waals surface area contributed by atoms with Crippen LogP contribution in [0.1, 0.15) is 129 Å². The van der Waals surface area contributed by atoms with Crippen LogP contribution in [-0.4, -0.2) is 29.4 Å². The Labute approximate surface area is 169 Å². The molecule has 0 aromatic heterocycles. The monoisotopic (exact) mass is 406 g/mol.